The first-order chi connectivity index (χ1) is 7.58. The number of pyridine rings is 1. The summed E-state index contributed by atoms with van der Waals surface area (Å²) >= 11 is 0. The molecule has 2 rings (SSSR count). The second-order valence-corrected chi connectivity index (χ2v) is 3.90. The summed E-state index contributed by atoms with van der Waals surface area (Å²) in [5, 5.41) is 8.85. The quantitative estimate of drug-likeness (QED) is 0.801. The van der Waals surface area contributed by atoms with E-state index in [4.69, 9.17) is 5.11 Å². The van der Waals surface area contributed by atoms with E-state index in [1.54, 1.807) is 18.3 Å². The lowest BCUT2D eigenvalue weighted by atomic mass is 10.1. The van der Waals surface area contributed by atoms with Crippen molar-refractivity contribution < 1.29 is 14.7 Å². The Kier molecular flexibility index (Phi) is 2.60. The van der Waals surface area contributed by atoms with Crippen LogP contribution in [0.5, 0.6) is 0 Å². The summed E-state index contributed by atoms with van der Waals surface area (Å²) in [7, 11) is 0. The number of aromatic nitrogens is 1. The van der Waals surface area contributed by atoms with Crippen LogP contribution < -0.4 is 4.90 Å². The van der Waals surface area contributed by atoms with E-state index in [1.807, 2.05) is 6.92 Å². The Morgan fingerprint density at radius 3 is 2.81 bits per heavy atom. The molecule has 1 aliphatic rings. The molecule has 1 aromatic rings. The lowest BCUT2D eigenvalue weighted by Gasteiger charge is -2.15. The molecule has 1 aliphatic heterocycles. The van der Waals surface area contributed by atoms with Crippen molar-refractivity contribution >= 4 is 17.6 Å². The van der Waals surface area contributed by atoms with Crippen molar-refractivity contribution in [1.82, 2.24) is 4.98 Å². The molecule has 0 aromatic carbocycles. The molecule has 1 saturated heterocycles. The van der Waals surface area contributed by atoms with Crippen LogP contribution in [-0.4, -0.2) is 28.5 Å². The maximum absolute atomic E-state index is 11.6. The largest absolute Gasteiger partial charge is 0.481 e. The number of amides is 1. The minimum atomic E-state index is -0.920. The van der Waals surface area contributed by atoms with Crippen LogP contribution in [0, 0.1) is 12.8 Å². The Morgan fingerprint density at radius 1 is 1.56 bits per heavy atom. The lowest BCUT2D eigenvalue weighted by molar-refractivity contribution is -0.141. The number of aliphatic carboxylic acids is 1. The Hall–Kier alpha value is -1.91. The third kappa shape index (κ3) is 1.88. The molecular weight excluding hydrogens is 208 g/mol. The molecule has 0 spiro atoms. The molecule has 16 heavy (non-hydrogen) atoms. The van der Waals surface area contributed by atoms with Crippen molar-refractivity contribution in [3.8, 4) is 0 Å². The molecule has 1 amide bonds. The number of aryl methyl sites for hydroxylation is 1. The van der Waals surface area contributed by atoms with E-state index < -0.39 is 11.9 Å². The lowest BCUT2D eigenvalue weighted by Crippen LogP contribution is -2.25. The van der Waals surface area contributed by atoms with Gasteiger partial charge in [0, 0.05) is 18.7 Å². The molecule has 1 aromatic heterocycles. The van der Waals surface area contributed by atoms with Gasteiger partial charge in [-0.25, -0.2) is 0 Å². The van der Waals surface area contributed by atoms with Gasteiger partial charge in [0.2, 0.25) is 5.91 Å². The Balaban J connectivity index is 2.20. The van der Waals surface area contributed by atoms with Gasteiger partial charge in [0.05, 0.1) is 17.8 Å². The van der Waals surface area contributed by atoms with Crippen LogP contribution in [0.4, 0.5) is 5.69 Å². The van der Waals surface area contributed by atoms with Gasteiger partial charge in [-0.3, -0.25) is 14.6 Å². The number of carboxylic acids is 1. The van der Waals surface area contributed by atoms with Gasteiger partial charge < -0.3 is 10.0 Å². The van der Waals surface area contributed by atoms with Crippen molar-refractivity contribution in [2.75, 3.05) is 11.4 Å². The summed E-state index contributed by atoms with van der Waals surface area (Å²) in [5.41, 5.74) is 1.53. The molecular formula is C11H12N2O3. The zero-order chi connectivity index (χ0) is 11.7. The Morgan fingerprint density at radius 2 is 2.31 bits per heavy atom. The number of carbonyl (C=O) groups excluding carboxylic acids is 1. The van der Waals surface area contributed by atoms with Gasteiger partial charge in [-0.05, 0) is 19.1 Å². The van der Waals surface area contributed by atoms with Crippen molar-refractivity contribution in [2.45, 2.75) is 13.3 Å². The Bertz CT molecular complexity index is 427. The van der Waals surface area contributed by atoms with Crippen molar-refractivity contribution in [3.63, 3.8) is 0 Å². The minimum Gasteiger partial charge on any atom is -0.481 e. The summed E-state index contributed by atoms with van der Waals surface area (Å²) in [4.78, 5) is 28.0. The third-order valence-electron chi connectivity index (χ3n) is 2.68. The van der Waals surface area contributed by atoms with Crippen LogP contribution in [0.1, 0.15) is 12.1 Å². The average molecular weight is 220 g/mol. The maximum Gasteiger partial charge on any atom is 0.308 e. The average Bonchev–Trinajstić information content (AvgIpc) is 2.62. The zero-order valence-electron chi connectivity index (χ0n) is 8.88. The molecule has 1 atom stereocenters. The van der Waals surface area contributed by atoms with Crippen molar-refractivity contribution in [2.24, 2.45) is 5.92 Å². The molecule has 0 bridgehead atoms. The van der Waals surface area contributed by atoms with Crippen LogP contribution in [0.3, 0.4) is 0 Å². The summed E-state index contributed by atoms with van der Waals surface area (Å²) in [6.07, 6.45) is 1.67. The van der Waals surface area contributed by atoms with Crippen LogP contribution in [0.2, 0.25) is 0 Å². The number of rotatable bonds is 2. The molecule has 84 valence electrons. The number of hydrogen-bond donors (Lipinski definition) is 1. The van der Waals surface area contributed by atoms with Crippen molar-refractivity contribution in [1.29, 1.82) is 0 Å². The normalized spacial score (nSPS) is 20.2. The van der Waals surface area contributed by atoms with Crippen LogP contribution in [0.15, 0.2) is 18.3 Å². The van der Waals surface area contributed by atoms with E-state index in [0.29, 0.717) is 5.69 Å². The molecule has 0 saturated carbocycles. The highest BCUT2D eigenvalue weighted by atomic mass is 16.4. The highest BCUT2D eigenvalue weighted by Gasteiger charge is 2.35. The molecule has 1 fully saturated rings. The van der Waals surface area contributed by atoms with Gasteiger partial charge in [-0.1, -0.05) is 0 Å². The van der Waals surface area contributed by atoms with Gasteiger partial charge in [0.1, 0.15) is 0 Å². The first-order valence-corrected chi connectivity index (χ1v) is 5.04. The highest BCUT2D eigenvalue weighted by Crippen LogP contribution is 2.24. The van der Waals surface area contributed by atoms with Gasteiger partial charge in [-0.2, -0.15) is 0 Å². The van der Waals surface area contributed by atoms with Gasteiger partial charge in [0.25, 0.3) is 0 Å². The van der Waals surface area contributed by atoms with E-state index in [2.05, 4.69) is 4.98 Å². The monoisotopic (exact) mass is 220 g/mol. The first kappa shape index (κ1) is 10.6. The number of carbonyl (C=O) groups is 2. The van der Waals surface area contributed by atoms with Gasteiger partial charge in [0.15, 0.2) is 0 Å². The maximum atomic E-state index is 11.6. The van der Waals surface area contributed by atoms with Gasteiger partial charge in [-0.15, -0.1) is 0 Å². The number of carboxylic acid groups (broad SMARTS) is 1. The predicted molar refractivity (Wildman–Crippen MR) is 57.1 cm³/mol. The Labute approximate surface area is 92.7 Å². The number of anilines is 1. The summed E-state index contributed by atoms with van der Waals surface area (Å²) in [5.74, 6) is -1.68. The predicted octanol–water partition coefficient (Wildman–Crippen LogP) is 0.828. The highest BCUT2D eigenvalue weighted by molar-refractivity contribution is 5.99. The molecule has 2 heterocycles. The second-order valence-electron chi connectivity index (χ2n) is 3.90. The van der Waals surface area contributed by atoms with E-state index in [-0.39, 0.29) is 18.9 Å². The molecule has 5 heteroatoms. The number of hydrogen-bond acceptors (Lipinski definition) is 3. The summed E-state index contributed by atoms with van der Waals surface area (Å²) in [6, 6.07) is 3.58. The fourth-order valence-corrected chi connectivity index (χ4v) is 1.74. The molecule has 1 N–H and O–H groups in total. The SMILES string of the molecule is Cc1ccc(N2CC(C(=O)O)CC2=O)cn1. The third-order valence-corrected chi connectivity index (χ3v) is 2.68. The van der Waals surface area contributed by atoms with Gasteiger partial charge >= 0.3 is 5.97 Å². The summed E-state index contributed by atoms with van der Waals surface area (Å²) in [6.45, 7) is 2.09. The molecule has 5 nitrogen and oxygen atoms in total. The van der Waals surface area contributed by atoms with Crippen molar-refractivity contribution in [3.05, 3.63) is 24.0 Å². The van der Waals surface area contributed by atoms with Crippen LogP contribution in [-0.2, 0) is 9.59 Å². The van der Waals surface area contributed by atoms with E-state index in [1.165, 1.54) is 4.90 Å². The molecule has 0 radical (unpaired) electrons. The van der Waals surface area contributed by atoms with Crippen LogP contribution >= 0.6 is 0 Å². The summed E-state index contributed by atoms with van der Waals surface area (Å²) < 4.78 is 0. The minimum absolute atomic E-state index is 0.0726. The zero-order valence-corrected chi connectivity index (χ0v) is 8.88. The molecule has 0 aliphatic carbocycles. The molecule has 1 unspecified atom stereocenters. The standard InChI is InChI=1S/C11H12N2O3/c1-7-2-3-9(5-12-7)13-6-8(11(15)16)4-10(13)14/h2-3,5,8H,4,6H2,1H3,(H,15,16). The smallest absolute Gasteiger partial charge is 0.308 e. The van der Waals surface area contributed by atoms with E-state index in [0.717, 1.165) is 5.69 Å². The van der Waals surface area contributed by atoms with Crippen LogP contribution in [0.25, 0.3) is 0 Å². The fourth-order valence-electron chi connectivity index (χ4n) is 1.74. The first-order valence-electron chi connectivity index (χ1n) is 5.04. The second kappa shape index (κ2) is 3.92. The van der Waals surface area contributed by atoms with E-state index >= 15 is 0 Å². The topological polar surface area (TPSA) is 70.5 Å². The number of nitrogens with zero attached hydrogens (tertiary/aromatic N) is 2. The fraction of sp³-hybridized carbons (Fsp3) is 0.364. The van der Waals surface area contributed by atoms with E-state index in [9.17, 15) is 9.59 Å².